The normalized spacial score (nSPS) is 28.1. The number of carbonyl (C=O) groups is 1. The fraction of sp³-hybridized carbons (Fsp3) is 0.556. The van der Waals surface area contributed by atoms with Crippen molar-refractivity contribution < 1.29 is 9.53 Å². The first-order chi connectivity index (χ1) is 10.2. The molecule has 0 saturated heterocycles. The SMILES string of the molecule is COc1cc(C(C#N)C(=O)C2C3CCCCC32)ccc1C. The summed E-state index contributed by atoms with van der Waals surface area (Å²) in [7, 11) is 1.62. The highest BCUT2D eigenvalue weighted by atomic mass is 16.5. The van der Waals surface area contributed by atoms with Crippen LogP contribution < -0.4 is 4.74 Å². The Morgan fingerprint density at radius 3 is 2.57 bits per heavy atom. The van der Waals surface area contributed by atoms with Crippen molar-refractivity contribution in [2.45, 2.75) is 38.5 Å². The van der Waals surface area contributed by atoms with Gasteiger partial charge in [0.25, 0.3) is 0 Å². The minimum Gasteiger partial charge on any atom is -0.496 e. The standard InChI is InChI=1S/C18H21NO2/c1-11-7-8-12(9-16(11)21-2)15(10-19)18(20)17-13-5-3-4-6-14(13)17/h7-9,13-15,17H,3-6H2,1-2H3. The van der Waals surface area contributed by atoms with Gasteiger partial charge in [-0.05, 0) is 48.8 Å². The van der Waals surface area contributed by atoms with Gasteiger partial charge in [0.15, 0.2) is 5.78 Å². The number of ketones is 1. The number of rotatable bonds is 4. The average molecular weight is 283 g/mol. The zero-order chi connectivity index (χ0) is 15.0. The Bertz CT molecular complexity index is 590. The summed E-state index contributed by atoms with van der Waals surface area (Å²) in [4.78, 5) is 12.7. The molecule has 2 fully saturated rings. The fourth-order valence-electron chi connectivity index (χ4n) is 3.93. The van der Waals surface area contributed by atoms with Crippen LogP contribution in [-0.4, -0.2) is 12.9 Å². The molecule has 3 nitrogen and oxygen atoms in total. The quantitative estimate of drug-likeness (QED) is 0.848. The topological polar surface area (TPSA) is 50.1 Å². The van der Waals surface area contributed by atoms with E-state index in [1.54, 1.807) is 7.11 Å². The molecular formula is C18H21NO2. The van der Waals surface area contributed by atoms with Gasteiger partial charge in [-0.25, -0.2) is 0 Å². The first kappa shape index (κ1) is 14.1. The molecule has 2 saturated carbocycles. The Kier molecular flexibility index (Phi) is 3.71. The van der Waals surface area contributed by atoms with Gasteiger partial charge in [-0.1, -0.05) is 25.0 Å². The van der Waals surface area contributed by atoms with Crippen molar-refractivity contribution in [1.29, 1.82) is 5.26 Å². The van der Waals surface area contributed by atoms with Crippen LogP contribution in [0.2, 0.25) is 0 Å². The maximum Gasteiger partial charge on any atom is 0.158 e. The molecule has 3 rings (SSSR count). The highest BCUT2D eigenvalue weighted by Gasteiger charge is 2.55. The number of nitrogens with zero attached hydrogens (tertiary/aromatic N) is 1. The summed E-state index contributed by atoms with van der Waals surface area (Å²) in [6.45, 7) is 1.96. The lowest BCUT2D eigenvalue weighted by molar-refractivity contribution is -0.121. The van der Waals surface area contributed by atoms with Crippen molar-refractivity contribution in [3.05, 3.63) is 29.3 Å². The summed E-state index contributed by atoms with van der Waals surface area (Å²) in [6, 6.07) is 7.86. The van der Waals surface area contributed by atoms with Crippen LogP contribution in [-0.2, 0) is 4.79 Å². The number of aryl methyl sites for hydroxylation is 1. The lowest BCUT2D eigenvalue weighted by Crippen LogP contribution is -2.14. The monoisotopic (exact) mass is 283 g/mol. The second kappa shape index (κ2) is 5.52. The second-order valence-electron chi connectivity index (χ2n) is 6.33. The molecule has 3 unspecified atom stereocenters. The van der Waals surface area contributed by atoms with Gasteiger partial charge >= 0.3 is 0 Å². The van der Waals surface area contributed by atoms with Crippen molar-refractivity contribution in [2.75, 3.05) is 7.11 Å². The van der Waals surface area contributed by atoms with E-state index < -0.39 is 5.92 Å². The van der Waals surface area contributed by atoms with Gasteiger partial charge in [-0.15, -0.1) is 0 Å². The molecule has 21 heavy (non-hydrogen) atoms. The van der Waals surface area contributed by atoms with Crippen molar-refractivity contribution in [2.24, 2.45) is 17.8 Å². The molecule has 0 aliphatic heterocycles. The van der Waals surface area contributed by atoms with E-state index in [0.29, 0.717) is 11.8 Å². The lowest BCUT2D eigenvalue weighted by atomic mass is 9.91. The number of methoxy groups -OCH3 is 1. The predicted octanol–water partition coefficient (Wildman–Crippen LogP) is 3.62. The van der Waals surface area contributed by atoms with Gasteiger partial charge in [0.05, 0.1) is 13.2 Å². The number of Topliss-reactive ketones (excluding diaryl/α,β-unsaturated/α-hetero) is 1. The van der Waals surface area contributed by atoms with Gasteiger partial charge in [-0.3, -0.25) is 4.79 Å². The first-order valence-corrected chi connectivity index (χ1v) is 7.75. The van der Waals surface area contributed by atoms with E-state index in [9.17, 15) is 10.1 Å². The molecule has 110 valence electrons. The van der Waals surface area contributed by atoms with Gasteiger partial charge in [0.1, 0.15) is 11.7 Å². The lowest BCUT2D eigenvalue weighted by Gasteiger charge is -2.12. The molecule has 0 heterocycles. The number of nitriles is 1. The molecule has 2 aliphatic carbocycles. The third-order valence-electron chi connectivity index (χ3n) is 5.16. The third kappa shape index (κ3) is 2.44. The minimum absolute atomic E-state index is 0.125. The molecule has 3 atom stereocenters. The van der Waals surface area contributed by atoms with Crippen molar-refractivity contribution in [3.63, 3.8) is 0 Å². The molecule has 2 aliphatic rings. The third-order valence-corrected chi connectivity index (χ3v) is 5.16. The van der Waals surface area contributed by atoms with E-state index in [1.807, 2.05) is 25.1 Å². The number of hydrogen-bond donors (Lipinski definition) is 0. The van der Waals surface area contributed by atoms with E-state index in [0.717, 1.165) is 29.7 Å². The molecule has 0 spiro atoms. The Morgan fingerprint density at radius 2 is 2.00 bits per heavy atom. The van der Waals surface area contributed by atoms with Crippen molar-refractivity contribution in [1.82, 2.24) is 0 Å². The molecule has 3 heteroatoms. The van der Waals surface area contributed by atoms with Crippen LogP contribution in [0.15, 0.2) is 18.2 Å². The van der Waals surface area contributed by atoms with Crippen LogP contribution in [0.4, 0.5) is 0 Å². The molecule has 1 aromatic rings. The largest absolute Gasteiger partial charge is 0.496 e. The Hall–Kier alpha value is -1.82. The number of fused-ring (bicyclic) bond motifs is 1. The number of hydrogen-bond acceptors (Lipinski definition) is 3. The average Bonchev–Trinajstić information content (AvgIpc) is 3.23. The van der Waals surface area contributed by atoms with Gasteiger partial charge < -0.3 is 4.74 Å². The van der Waals surface area contributed by atoms with Crippen molar-refractivity contribution in [3.8, 4) is 11.8 Å². The second-order valence-corrected chi connectivity index (χ2v) is 6.33. The molecule has 0 bridgehead atoms. The summed E-state index contributed by atoms with van der Waals surface area (Å²) in [6.07, 6.45) is 4.80. The minimum atomic E-state index is -0.643. The Labute approximate surface area is 125 Å². The fourth-order valence-corrected chi connectivity index (χ4v) is 3.93. The van der Waals surface area contributed by atoms with Crippen LogP contribution in [0.25, 0.3) is 0 Å². The highest BCUT2D eigenvalue weighted by molar-refractivity contribution is 5.93. The van der Waals surface area contributed by atoms with E-state index in [-0.39, 0.29) is 11.7 Å². The van der Waals surface area contributed by atoms with Crippen LogP contribution in [0, 0.1) is 36.0 Å². The van der Waals surface area contributed by atoms with E-state index in [2.05, 4.69) is 6.07 Å². The van der Waals surface area contributed by atoms with Crippen LogP contribution in [0.5, 0.6) is 5.75 Å². The highest BCUT2D eigenvalue weighted by Crippen LogP contribution is 2.57. The smallest absolute Gasteiger partial charge is 0.158 e. The summed E-state index contributed by atoms with van der Waals surface area (Å²) in [5.41, 5.74) is 1.79. The Balaban J connectivity index is 1.82. The molecule has 0 aromatic heterocycles. The van der Waals surface area contributed by atoms with Crippen LogP contribution in [0.1, 0.15) is 42.7 Å². The summed E-state index contributed by atoms with van der Waals surface area (Å²) >= 11 is 0. The van der Waals surface area contributed by atoms with E-state index >= 15 is 0 Å². The molecule has 1 aromatic carbocycles. The zero-order valence-electron chi connectivity index (χ0n) is 12.6. The number of ether oxygens (including phenoxy) is 1. The van der Waals surface area contributed by atoms with Crippen LogP contribution in [0.3, 0.4) is 0 Å². The maximum absolute atomic E-state index is 12.7. The Morgan fingerprint density at radius 1 is 1.33 bits per heavy atom. The number of carbonyl (C=O) groups excluding carboxylic acids is 1. The molecular weight excluding hydrogens is 262 g/mol. The number of benzene rings is 1. The van der Waals surface area contributed by atoms with E-state index in [1.165, 1.54) is 12.8 Å². The van der Waals surface area contributed by atoms with Gasteiger partial charge in [-0.2, -0.15) is 5.26 Å². The maximum atomic E-state index is 12.7. The van der Waals surface area contributed by atoms with Crippen LogP contribution >= 0.6 is 0 Å². The molecule has 0 amide bonds. The predicted molar refractivity (Wildman–Crippen MR) is 80.0 cm³/mol. The molecule has 0 radical (unpaired) electrons. The van der Waals surface area contributed by atoms with Gasteiger partial charge in [0, 0.05) is 5.92 Å². The zero-order valence-corrected chi connectivity index (χ0v) is 12.6. The van der Waals surface area contributed by atoms with Gasteiger partial charge in [0.2, 0.25) is 0 Å². The molecule has 0 N–H and O–H groups in total. The summed E-state index contributed by atoms with van der Waals surface area (Å²) < 4.78 is 5.31. The van der Waals surface area contributed by atoms with Crippen molar-refractivity contribution >= 4 is 5.78 Å². The summed E-state index contributed by atoms with van der Waals surface area (Å²) in [5, 5.41) is 9.48. The first-order valence-electron chi connectivity index (χ1n) is 7.75. The summed E-state index contributed by atoms with van der Waals surface area (Å²) in [5.74, 6) is 1.46. The van der Waals surface area contributed by atoms with E-state index in [4.69, 9.17) is 4.74 Å².